The Labute approximate surface area is 180 Å². The Balaban J connectivity index is 1.44. The highest BCUT2D eigenvalue weighted by Crippen LogP contribution is 2.42. The van der Waals surface area contributed by atoms with Gasteiger partial charge in [-0.15, -0.1) is 0 Å². The van der Waals surface area contributed by atoms with Gasteiger partial charge in [-0.2, -0.15) is 0 Å². The lowest BCUT2D eigenvalue weighted by Crippen LogP contribution is -2.37. The number of imidazole rings is 1. The van der Waals surface area contributed by atoms with E-state index in [9.17, 15) is 4.79 Å². The van der Waals surface area contributed by atoms with E-state index in [1.807, 2.05) is 83.5 Å². The van der Waals surface area contributed by atoms with E-state index in [0.717, 1.165) is 53.8 Å². The summed E-state index contributed by atoms with van der Waals surface area (Å²) in [6, 6.07) is 21.5. The van der Waals surface area contributed by atoms with E-state index in [1.54, 1.807) is 0 Å². The molecule has 2 heterocycles. The largest absolute Gasteiger partial charge is 0.325 e. The van der Waals surface area contributed by atoms with Gasteiger partial charge >= 0.3 is 0 Å². The van der Waals surface area contributed by atoms with Crippen LogP contribution in [-0.2, 0) is 10.2 Å². The minimum absolute atomic E-state index is 0.0504. The number of carbonyl (C=O) groups excluding carboxylic acids is 1. The molecule has 0 atom stereocenters. The van der Waals surface area contributed by atoms with Crippen molar-refractivity contribution >= 4 is 28.8 Å². The van der Waals surface area contributed by atoms with E-state index in [-0.39, 0.29) is 5.91 Å². The molecule has 5 heteroatoms. The van der Waals surface area contributed by atoms with Crippen molar-refractivity contribution in [1.82, 2.24) is 9.38 Å². The molecule has 4 nitrogen and oxygen atoms in total. The molecule has 0 unspecified atom stereocenters. The molecule has 150 valence electrons. The van der Waals surface area contributed by atoms with Crippen LogP contribution in [0.4, 0.5) is 5.69 Å². The number of hydrogen-bond donors (Lipinski definition) is 1. The van der Waals surface area contributed by atoms with Crippen molar-refractivity contribution in [2.75, 3.05) is 5.32 Å². The van der Waals surface area contributed by atoms with Crippen LogP contribution in [0.5, 0.6) is 0 Å². The van der Waals surface area contributed by atoms with Crippen molar-refractivity contribution in [1.29, 1.82) is 0 Å². The third kappa shape index (κ3) is 3.37. The molecule has 5 rings (SSSR count). The molecule has 2 aromatic heterocycles. The number of benzene rings is 2. The van der Waals surface area contributed by atoms with E-state index in [0.29, 0.717) is 5.02 Å². The molecular weight excluding hydrogens is 394 g/mol. The first-order chi connectivity index (χ1) is 14.6. The first kappa shape index (κ1) is 18.9. The fraction of sp³-hybridized carbons (Fsp3) is 0.200. The standard InChI is InChI=1S/C25H22ClN3O/c26-20-11-9-19(10-12-20)25(13-2-3-14-25)24(30)27-21-7-5-6-18(16-21)22-17-29-15-4-1-8-23(29)28-22/h1,4-12,15-17H,2-3,13-14H2,(H,27,30). The molecule has 2 aromatic carbocycles. The Morgan fingerprint density at radius 3 is 2.57 bits per heavy atom. The number of anilines is 1. The summed E-state index contributed by atoms with van der Waals surface area (Å²) in [5, 5.41) is 3.86. The van der Waals surface area contributed by atoms with Crippen molar-refractivity contribution in [2.45, 2.75) is 31.1 Å². The Morgan fingerprint density at radius 1 is 1.00 bits per heavy atom. The van der Waals surface area contributed by atoms with Gasteiger partial charge in [0.25, 0.3) is 0 Å². The van der Waals surface area contributed by atoms with Crippen molar-refractivity contribution in [3.63, 3.8) is 0 Å². The Bertz CT molecular complexity index is 1170. The van der Waals surface area contributed by atoms with Gasteiger partial charge in [-0.3, -0.25) is 4.79 Å². The Hall–Kier alpha value is -3.11. The second-order valence-electron chi connectivity index (χ2n) is 7.92. The number of rotatable bonds is 4. The molecule has 1 N–H and O–H groups in total. The lowest BCUT2D eigenvalue weighted by atomic mass is 9.78. The molecule has 30 heavy (non-hydrogen) atoms. The molecule has 0 radical (unpaired) electrons. The fourth-order valence-corrected chi connectivity index (χ4v) is 4.60. The van der Waals surface area contributed by atoms with E-state index in [2.05, 4.69) is 10.3 Å². The summed E-state index contributed by atoms with van der Waals surface area (Å²) in [5.41, 5.74) is 4.08. The average molecular weight is 416 g/mol. The van der Waals surface area contributed by atoms with Crippen LogP contribution in [0.15, 0.2) is 79.1 Å². The van der Waals surface area contributed by atoms with E-state index >= 15 is 0 Å². The predicted molar refractivity (Wildman–Crippen MR) is 121 cm³/mol. The van der Waals surface area contributed by atoms with Gasteiger partial charge in [0.05, 0.1) is 11.1 Å². The molecule has 4 aromatic rings. The highest BCUT2D eigenvalue weighted by molar-refractivity contribution is 6.30. The van der Waals surface area contributed by atoms with Crippen LogP contribution < -0.4 is 5.32 Å². The number of pyridine rings is 1. The first-order valence-electron chi connectivity index (χ1n) is 10.3. The zero-order chi connectivity index (χ0) is 20.6. The molecule has 1 fully saturated rings. The summed E-state index contributed by atoms with van der Waals surface area (Å²) in [7, 11) is 0. The highest BCUT2D eigenvalue weighted by Gasteiger charge is 2.42. The maximum atomic E-state index is 13.4. The van der Waals surface area contributed by atoms with Crippen LogP contribution in [0.25, 0.3) is 16.9 Å². The molecule has 0 saturated heterocycles. The van der Waals surface area contributed by atoms with Gasteiger partial charge in [-0.05, 0) is 54.8 Å². The molecule has 1 aliphatic rings. The van der Waals surface area contributed by atoms with Crippen molar-refractivity contribution in [3.8, 4) is 11.3 Å². The number of carbonyl (C=O) groups is 1. The molecule has 0 bridgehead atoms. The van der Waals surface area contributed by atoms with Gasteiger partial charge in [0, 0.05) is 28.7 Å². The van der Waals surface area contributed by atoms with Crippen LogP contribution >= 0.6 is 11.6 Å². The van der Waals surface area contributed by atoms with Crippen molar-refractivity contribution in [3.05, 3.63) is 89.7 Å². The topological polar surface area (TPSA) is 46.4 Å². The maximum Gasteiger partial charge on any atom is 0.235 e. The second-order valence-corrected chi connectivity index (χ2v) is 8.36. The molecule has 0 spiro atoms. The molecule has 0 aliphatic heterocycles. The summed E-state index contributed by atoms with van der Waals surface area (Å²) in [6.07, 6.45) is 7.80. The van der Waals surface area contributed by atoms with Gasteiger partial charge in [-0.1, -0.05) is 54.8 Å². The first-order valence-corrected chi connectivity index (χ1v) is 10.6. The maximum absolute atomic E-state index is 13.4. The minimum atomic E-state index is -0.496. The van der Waals surface area contributed by atoms with Crippen LogP contribution in [0.3, 0.4) is 0 Å². The van der Waals surface area contributed by atoms with Gasteiger partial charge in [-0.25, -0.2) is 4.98 Å². The highest BCUT2D eigenvalue weighted by atomic mass is 35.5. The van der Waals surface area contributed by atoms with Gasteiger partial charge in [0.2, 0.25) is 5.91 Å². The second kappa shape index (κ2) is 7.62. The average Bonchev–Trinajstić information content (AvgIpc) is 3.43. The quantitative estimate of drug-likeness (QED) is 0.437. The SMILES string of the molecule is O=C(Nc1cccc(-c2cn3ccccc3n2)c1)C1(c2ccc(Cl)cc2)CCCC1. The van der Waals surface area contributed by atoms with Crippen LogP contribution in [0, 0.1) is 0 Å². The van der Waals surface area contributed by atoms with Crippen LogP contribution in [0.2, 0.25) is 5.02 Å². The Kier molecular flexibility index (Phi) is 4.80. The van der Waals surface area contributed by atoms with E-state index in [1.165, 1.54) is 0 Å². The van der Waals surface area contributed by atoms with Gasteiger partial charge in [0.1, 0.15) is 5.65 Å². The summed E-state index contributed by atoms with van der Waals surface area (Å²) >= 11 is 6.07. The molecule has 1 saturated carbocycles. The van der Waals surface area contributed by atoms with E-state index in [4.69, 9.17) is 11.6 Å². The van der Waals surface area contributed by atoms with Crippen LogP contribution in [0.1, 0.15) is 31.2 Å². The van der Waals surface area contributed by atoms with Crippen LogP contribution in [-0.4, -0.2) is 15.3 Å². The number of halogens is 1. The number of hydrogen-bond acceptors (Lipinski definition) is 2. The smallest absolute Gasteiger partial charge is 0.235 e. The monoisotopic (exact) mass is 415 g/mol. The molecule has 1 amide bonds. The molecular formula is C25H22ClN3O. The summed E-state index contributed by atoms with van der Waals surface area (Å²) in [6.45, 7) is 0. The molecule has 1 aliphatic carbocycles. The van der Waals surface area contributed by atoms with Crippen molar-refractivity contribution < 1.29 is 4.79 Å². The van der Waals surface area contributed by atoms with E-state index < -0.39 is 5.41 Å². The van der Waals surface area contributed by atoms with Gasteiger partial charge in [0.15, 0.2) is 0 Å². The third-order valence-electron chi connectivity index (χ3n) is 6.07. The number of nitrogens with zero attached hydrogens (tertiary/aromatic N) is 2. The normalized spacial score (nSPS) is 15.4. The van der Waals surface area contributed by atoms with Gasteiger partial charge < -0.3 is 9.72 Å². The fourth-order valence-electron chi connectivity index (χ4n) is 4.48. The summed E-state index contributed by atoms with van der Waals surface area (Å²) in [5.74, 6) is 0.0504. The zero-order valence-corrected chi connectivity index (χ0v) is 17.3. The number of fused-ring (bicyclic) bond motifs is 1. The Morgan fingerprint density at radius 2 is 1.80 bits per heavy atom. The lowest BCUT2D eigenvalue weighted by molar-refractivity contribution is -0.121. The summed E-state index contributed by atoms with van der Waals surface area (Å²) in [4.78, 5) is 18.1. The third-order valence-corrected chi connectivity index (χ3v) is 6.32. The lowest BCUT2D eigenvalue weighted by Gasteiger charge is -2.28. The zero-order valence-electron chi connectivity index (χ0n) is 16.5. The summed E-state index contributed by atoms with van der Waals surface area (Å²) < 4.78 is 1.99. The predicted octanol–water partition coefficient (Wildman–Crippen LogP) is 6.11. The number of amides is 1. The number of nitrogens with one attached hydrogen (secondary N) is 1. The minimum Gasteiger partial charge on any atom is -0.325 e. The number of aromatic nitrogens is 2. The van der Waals surface area contributed by atoms with Crippen molar-refractivity contribution in [2.24, 2.45) is 0 Å².